The zero-order chi connectivity index (χ0) is 17.2. The first kappa shape index (κ1) is 20.9. The third kappa shape index (κ3) is 9.06. The Balaban J connectivity index is 4.62. The molecule has 0 heterocycles. The van der Waals surface area contributed by atoms with Gasteiger partial charge in [-0.05, 0) is 34.1 Å². The third-order valence-electron chi connectivity index (χ3n) is 3.59. The van der Waals surface area contributed by atoms with Gasteiger partial charge in [0, 0.05) is 0 Å². The average Bonchev–Trinajstić information content (AvgIpc) is 2.40. The van der Waals surface area contributed by atoms with Gasteiger partial charge in [0.1, 0.15) is 5.60 Å². The molecule has 0 spiro atoms. The van der Waals surface area contributed by atoms with Gasteiger partial charge >= 0.3 is 11.9 Å². The molecule has 0 aliphatic heterocycles. The van der Waals surface area contributed by atoms with Crippen molar-refractivity contribution in [2.45, 2.75) is 85.7 Å². The summed E-state index contributed by atoms with van der Waals surface area (Å²) < 4.78 is 10.5. The number of hydrogen-bond acceptors (Lipinski definition) is 4. The SMILES string of the molecule is CCCCCCCC(C(=O)OCC)C(C)C(=O)OC(C)(C)C. The minimum atomic E-state index is -0.536. The van der Waals surface area contributed by atoms with Gasteiger partial charge in [0.15, 0.2) is 0 Å². The molecule has 4 nitrogen and oxygen atoms in total. The number of unbranched alkanes of at least 4 members (excludes halogenated alkanes) is 4. The lowest BCUT2D eigenvalue weighted by molar-refractivity contribution is -0.167. The zero-order valence-electron chi connectivity index (χ0n) is 15.2. The van der Waals surface area contributed by atoms with Crippen LogP contribution in [0.25, 0.3) is 0 Å². The van der Waals surface area contributed by atoms with E-state index in [1.54, 1.807) is 13.8 Å². The highest BCUT2D eigenvalue weighted by Crippen LogP contribution is 2.24. The van der Waals surface area contributed by atoms with E-state index in [1.807, 2.05) is 20.8 Å². The molecule has 0 saturated carbocycles. The third-order valence-corrected chi connectivity index (χ3v) is 3.59. The van der Waals surface area contributed by atoms with E-state index in [-0.39, 0.29) is 11.9 Å². The van der Waals surface area contributed by atoms with Crippen LogP contribution in [-0.4, -0.2) is 24.1 Å². The fourth-order valence-corrected chi connectivity index (χ4v) is 2.35. The fraction of sp³-hybridized carbons (Fsp3) is 0.889. The number of rotatable bonds is 10. The molecule has 0 aliphatic carbocycles. The lowest BCUT2D eigenvalue weighted by Gasteiger charge is -2.26. The van der Waals surface area contributed by atoms with Crippen molar-refractivity contribution in [3.63, 3.8) is 0 Å². The Hall–Kier alpha value is -1.06. The van der Waals surface area contributed by atoms with Gasteiger partial charge in [-0.2, -0.15) is 0 Å². The van der Waals surface area contributed by atoms with Crippen LogP contribution in [0.5, 0.6) is 0 Å². The number of esters is 2. The van der Waals surface area contributed by atoms with Crippen LogP contribution in [0, 0.1) is 11.8 Å². The van der Waals surface area contributed by atoms with Crippen LogP contribution >= 0.6 is 0 Å². The van der Waals surface area contributed by atoms with E-state index in [1.165, 1.54) is 19.3 Å². The van der Waals surface area contributed by atoms with E-state index in [0.717, 1.165) is 12.8 Å². The number of carbonyl (C=O) groups excluding carboxylic acids is 2. The van der Waals surface area contributed by atoms with Crippen LogP contribution in [-0.2, 0) is 19.1 Å². The summed E-state index contributed by atoms with van der Waals surface area (Å²) in [4.78, 5) is 24.4. The summed E-state index contributed by atoms with van der Waals surface area (Å²) in [6.45, 7) is 11.6. The summed E-state index contributed by atoms with van der Waals surface area (Å²) in [6, 6.07) is 0. The molecule has 0 amide bonds. The monoisotopic (exact) mass is 314 g/mol. The van der Waals surface area contributed by atoms with Gasteiger partial charge in [0.25, 0.3) is 0 Å². The summed E-state index contributed by atoms with van der Waals surface area (Å²) in [6.07, 6.45) is 6.29. The van der Waals surface area contributed by atoms with Gasteiger partial charge < -0.3 is 9.47 Å². The Morgan fingerprint density at radius 2 is 1.55 bits per heavy atom. The molecule has 4 heteroatoms. The molecule has 2 unspecified atom stereocenters. The largest absolute Gasteiger partial charge is 0.466 e. The van der Waals surface area contributed by atoms with Crippen molar-refractivity contribution in [1.29, 1.82) is 0 Å². The first-order chi connectivity index (χ1) is 10.2. The Kier molecular flexibility index (Phi) is 10.1. The quantitative estimate of drug-likeness (QED) is 0.440. The van der Waals surface area contributed by atoms with Gasteiger partial charge in [-0.3, -0.25) is 9.59 Å². The lowest BCUT2D eigenvalue weighted by atomic mass is 9.88. The fourth-order valence-electron chi connectivity index (χ4n) is 2.35. The highest BCUT2D eigenvalue weighted by molar-refractivity contribution is 5.82. The minimum Gasteiger partial charge on any atom is -0.466 e. The van der Waals surface area contributed by atoms with Gasteiger partial charge in [-0.1, -0.05) is 46.0 Å². The highest BCUT2D eigenvalue weighted by atomic mass is 16.6. The van der Waals surface area contributed by atoms with Crippen LogP contribution in [0.15, 0.2) is 0 Å². The van der Waals surface area contributed by atoms with Crippen LogP contribution in [0.4, 0.5) is 0 Å². The van der Waals surface area contributed by atoms with E-state index in [2.05, 4.69) is 6.92 Å². The number of ether oxygens (including phenoxy) is 2. The second kappa shape index (κ2) is 10.6. The van der Waals surface area contributed by atoms with Crippen LogP contribution in [0.1, 0.15) is 80.1 Å². The topological polar surface area (TPSA) is 52.6 Å². The molecule has 0 radical (unpaired) electrons. The maximum Gasteiger partial charge on any atom is 0.310 e. The maximum absolute atomic E-state index is 12.2. The number of hydrogen-bond donors (Lipinski definition) is 0. The molecule has 22 heavy (non-hydrogen) atoms. The second-order valence-electron chi connectivity index (χ2n) is 6.88. The first-order valence-corrected chi connectivity index (χ1v) is 8.62. The Bertz CT molecular complexity index is 330. The van der Waals surface area contributed by atoms with Crippen LogP contribution in [0.3, 0.4) is 0 Å². The van der Waals surface area contributed by atoms with Crippen molar-refractivity contribution >= 4 is 11.9 Å². The second-order valence-corrected chi connectivity index (χ2v) is 6.88. The molecular weight excluding hydrogens is 280 g/mol. The van der Waals surface area contributed by atoms with Crippen molar-refractivity contribution in [1.82, 2.24) is 0 Å². The Morgan fingerprint density at radius 3 is 2.05 bits per heavy atom. The van der Waals surface area contributed by atoms with Crippen molar-refractivity contribution < 1.29 is 19.1 Å². The summed E-state index contributed by atoms with van der Waals surface area (Å²) in [5.74, 6) is -1.48. The molecular formula is C18H34O4. The van der Waals surface area contributed by atoms with Crippen molar-refractivity contribution in [2.75, 3.05) is 6.61 Å². The normalized spacial score (nSPS) is 14.3. The van der Waals surface area contributed by atoms with E-state index in [9.17, 15) is 9.59 Å². The standard InChI is InChI=1S/C18H34O4/c1-7-9-10-11-12-13-15(17(20)21-8-2)14(3)16(19)22-18(4,5)6/h14-15H,7-13H2,1-6H3. The smallest absolute Gasteiger partial charge is 0.310 e. The molecule has 0 fully saturated rings. The molecule has 0 N–H and O–H groups in total. The summed E-state index contributed by atoms with van der Waals surface area (Å²) in [7, 11) is 0. The van der Waals surface area contributed by atoms with Crippen LogP contribution < -0.4 is 0 Å². The molecule has 2 atom stereocenters. The van der Waals surface area contributed by atoms with Crippen molar-refractivity contribution in [3.05, 3.63) is 0 Å². The van der Waals surface area contributed by atoms with Crippen LogP contribution in [0.2, 0.25) is 0 Å². The Morgan fingerprint density at radius 1 is 0.955 bits per heavy atom. The molecule has 0 saturated heterocycles. The van der Waals surface area contributed by atoms with Gasteiger partial charge in [0.2, 0.25) is 0 Å². The summed E-state index contributed by atoms with van der Waals surface area (Å²) in [5, 5.41) is 0. The number of carbonyl (C=O) groups is 2. The van der Waals surface area contributed by atoms with E-state index >= 15 is 0 Å². The average molecular weight is 314 g/mol. The predicted octanol–water partition coefficient (Wildman–Crippen LogP) is 4.50. The molecule has 0 aromatic rings. The molecule has 130 valence electrons. The van der Waals surface area contributed by atoms with E-state index in [4.69, 9.17) is 9.47 Å². The summed E-state index contributed by atoms with van der Waals surface area (Å²) in [5.41, 5.74) is -0.536. The van der Waals surface area contributed by atoms with Crippen molar-refractivity contribution in [3.8, 4) is 0 Å². The van der Waals surface area contributed by atoms with E-state index < -0.39 is 17.4 Å². The van der Waals surface area contributed by atoms with Gasteiger partial charge in [-0.25, -0.2) is 0 Å². The van der Waals surface area contributed by atoms with Gasteiger partial charge in [-0.15, -0.1) is 0 Å². The zero-order valence-corrected chi connectivity index (χ0v) is 15.2. The van der Waals surface area contributed by atoms with Crippen molar-refractivity contribution in [2.24, 2.45) is 11.8 Å². The van der Waals surface area contributed by atoms with E-state index in [0.29, 0.717) is 13.0 Å². The molecule has 0 aliphatic rings. The lowest BCUT2D eigenvalue weighted by Crippen LogP contribution is -2.34. The molecule has 0 aromatic carbocycles. The molecule has 0 rings (SSSR count). The predicted molar refractivity (Wildman–Crippen MR) is 88.5 cm³/mol. The highest BCUT2D eigenvalue weighted by Gasteiger charge is 2.33. The van der Waals surface area contributed by atoms with Gasteiger partial charge in [0.05, 0.1) is 18.4 Å². The first-order valence-electron chi connectivity index (χ1n) is 8.62. The summed E-state index contributed by atoms with van der Waals surface area (Å²) >= 11 is 0. The maximum atomic E-state index is 12.2. The minimum absolute atomic E-state index is 0.281. The molecule has 0 bridgehead atoms. The Labute approximate surface area is 135 Å². The molecule has 0 aromatic heterocycles.